The lowest BCUT2D eigenvalue weighted by atomic mass is 10.2. The minimum absolute atomic E-state index is 0.408. The second-order valence-electron chi connectivity index (χ2n) is 6.12. The predicted octanol–water partition coefficient (Wildman–Crippen LogP) is 7.19. The first-order valence-electron chi connectivity index (χ1n) is 8.83. The van der Waals surface area contributed by atoms with Gasteiger partial charge in [0.15, 0.2) is 4.34 Å². The van der Waals surface area contributed by atoms with Crippen molar-refractivity contribution in [3.05, 3.63) is 93.9 Å². The van der Waals surface area contributed by atoms with Crippen molar-refractivity contribution in [1.82, 2.24) is 4.98 Å². The number of nitrogens with zero attached hydrogens (tertiary/aromatic N) is 2. The normalized spacial score (nSPS) is 11.4. The summed E-state index contributed by atoms with van der Waals surface area (Å²) >= 11 is 9.13. The molecule has 3 aromatic carbocycles. The molecule has 0 aliphatic heterocycles. The molecule has 0 amide bonds. The Morgan fingerprint density at radius 1 is 1.07 bits per heavy atom. The van der Waals surface area contributed by atoms with Gasteiger partial charge in [0, 0.05) is 10.6 Å². The molecule has 4 rings (SSSR count). The Morgan fingerprint density at radius 3 is 2.59 bits per heavy atom. The van der Waals surface area contributed by atoms with Crippen LogP contribution in [0.3, 0.4) is 0 Å². The molecule has 4 aromatic rings. The standard InChI is InChI=1S/C23H15ClN2OS2/c24-20-6-2-1-5-17(20)15-27-18-11-9-16(10-12-18)13-19(14-25)28-23-26-21-7-3-4-8-22(21)29-23/h1-13H,15H2. The second-order valence-corrected chi connectivity index (χ2v) is 8.85. The van der Waals surface area contributed by atoms with Gasteiger partial charge in [-0.25, -0.2) is 4.98 Å². The van der Waals surface area contributed by atoms with Crippen molar-refractivity contribution in [2.75, 3.05) is 0 Å². The van der Waals surface area contributed by atoms with E-state index in [9.17, 15) is 5.26 Å². The summed E-state index contributed by atoms with van der Waals surface area (Å²) in [4.78, 5) is 5.17. The smallest absolute Gasteiger partial charge is 0.156 e. The highest BCUT2D eigenvalue weighted by Crippen LogP contribution is 2.34. The molecule has 1 heterocycles. The molecule has 3 nitrogen and oxygen atoms in total. The maximum Gasteiger partial charge on any atom is 0.156 e. The van der Waals surface area contributed by atoms with Crippen molar-refractivity contribution < 1.29 is 4.74 Å². The first-order chi connectivity index (χ1) is 14.2. The Labute approximate surface area is 182 Å². The zero-order chi connectivity index (χ0) is 20.1. The predicted molar refractivity (Wildman–Crippen MR) is 121 cm³/mol. The van der Waals surface area contributed by atoms with Gasteiger partial charge in [0.25, 0.3) is 0 Å². The summed E-state index contributed by atoms with van der Waals surface area (Å²) in [5.41, 5.74) is 2.83. The van der Waals surface area contributed by atoms with Crippen LogP contribution >= 0.6 is 34.7 Å². The Morgan fingerprint density at radius 2 is 1.83 bits per heavy atom. The number of fused-ring (bicyclic) bond motifs is 1. The lowest BCUT2D eigenvalue weighted by molar-refractivity contribution is 0.306. The molecule has 0 spiro atoms. The highest BCUT2D eigenvalue weighted by Gasteiger charge is 2.07. The molecule has 0 aliphatic rings. The molecule has 0 atom stereocenters. The van der Waals surface area contributed by atoms with Crippen LogP contribution in [0.4, 0.5) is 0 Å². The highest BCUT2D eigenvalue weighted by molar-refractivity contribution is 8.05. The number of nitriles is 1. The summed E-state index contributed by atoms with van der Waals surface area (Å²) in [5.74, 6) is 0.749. The number of hydrogen-bond donors (Lipinski definition) is 0. The van der Waals surface area contributed by atoms with Gasteiger partial charge in [0.05, 0.1) is 15.1 Å². The lowest BCUT2D eigenvalue weighted by Gasteiger charge is -2.08. The Kier molecular flexibility index (Phi) is 6.16. The van der Waals surface area contributed by atoms with E-state index in [0.717, 1.165) is 31.4 Å². The van der Waals surface area contributed by atoms with Crippen LogP contribution in [0.2, 0.25) is 5.02 Å². The largest absolute Gasteiger partial charge is 0.489 e. The zero-order valence-electron chi connectivity index (χ0n) is 15.2. The van der Waals surface area contributed by atoms with Crippen LogP contribution < -0.4 is 4.74 Å². The molecule has 0 bridgehead atoms. The second kappa shape index (κ2) is 9.15. The van der Waals surface area contributed by atoms with Crippen molar-refractivity contribution in [3.8, 4) is 11.8 Å². The highest BCUT2D eigenvalue weighted by atomic mass is 35.5. The number of allylic oxidation sites excluding steroid dienone is 1. The molecule has 0 fully saturated rings. The van der Waals surface area contributed by atoms with Crippen molar-refractivity contribution in [3.63, 3.8) is 0 Å². The summed E-state index contributed by atoms with van der Waals surface area (Å²) < 4.78 is 7.78. The van der Waals surface area contributed by atoms with Crippen LogP contribution in [0.1, 0.15) is 11.1 Å². The molecular weight excluding hydrogens is 420 g/mol. The van der Waals surface area contributed by atoms with Crippen LogP contribution in [0.5, 0.6) is 5.75 Å². The topological polar surface area (TPSA) is 45.9 Å². The van der Waals surface area contributed by atoms with Crippen molar-refractivity contribution in [1.29, 1.82) is 5.26 Å². The number of para-hydroxylation sites is 1. The third-order valence-corrected chi connectivity index (χ3v) is 6.51. The number of aromatic nitrogens is 1. The van der Waals surface area contributed by atoms with Gasteiger partial charge in [-0.15, -0.1) is 11.3 Å². The Balaban J connectivity index is 1.43. The molecule has 1 aromatic heterocycles. The van der Waals surface area contributed by atoms with Gasteiger partial charge < -0.3 is 4.74 Å². The molecule has 142 valence electrons. The van der Waals surface area contributed by atoms with E-state index >= 15 is 0 Å². The van der Waals surface area contributed by atoms with Gasteiger partial charge in [-0.05, 0) is 53.7 Å². The van der Waals surface area contributed by atoms with Crippen LogP contribution in [-0.2, 0) is 6.61 Å². The molecule has 6 heteroatoms. The first-order valence-corrected chi connectivity index (χ1v) is 10.8. The van der Waals surface area contributed by atoms with Crippen LogP contribution in [-0.4, -0.2) is 4.98 Å². The van der Waals surface area contributed by atoms with E-state index < -0.39 is 0 Å². The quantitative estimate of drug-likeness (QED) is 0.238. The lowest BCUT2D eigenvalue weighted by Crippen LogP contribution is -1.95. The van der Waals surface area contributed by atoms with E-state index in [4.69, 9.17) is 16.3 Å². The summed E-state index contributed by atoms with van der Waals surface area (Å²) in [6, 6.07) is 25.5. The molecule has 0 saturated heterocycles. The minimum Gasteiger partial charge on any atom is -0.489 e. The molecule has 0 radical (unpaired) electrons. The fourth-order valence-electron chi connectivity index (χ4n) is 2.66. The van der Waals surface area contributed by atoms with Gasteiger partial charge in [-0.3, -0.25) is 0 Å². The van der Waals surface area contributed by atoms with Crippen LogP contribution in [0, 0.1) is 11.3 Å². The summed E-state index contributed by atoms with van der Waals surface area (Å²) in [5, 5.41) is 10.2. The summed E-state index contributed by atoms with van der Waals surface area (Å²) in [7, 11) is 0. The fourth-order valence-corrected chi connectivity index (χ4v) is 4.83. The van der Waals surface area contributed by atoms with Gasteiger partial charge in [0.1, 0.15) is 18.4 Å². The third kappa shape index (κ3) is 4.99. The number of thiazole rings is 1. The minimum atomic E-state index is 0.408. The number of benzene rings is 3. The Bertz CT molecular complexity index is 1180. The third-order valence-electron chi connectivity index (χ3n) is 4.11. The van der Waals surface area contributed by atoms with E-state index in [-0.39, 0.29) is 0 Å². The van der Waals surface area contributed by atoms with Crippen molar-refractivity contribution >= 4 is 51.0 Å². The maximum atomic E-state index is 9.51. The number of ether oxygens (including phenoxy) is 1. The van der Waals surface area contributed by atoms with Gasteiger partial charge >= 0.3 is 0 Å². The van der Waals surface area contributed by atoms with E-state index in [1.54, 1.807) is 11.3 Å². The van der Waals surface area contributed by atoms with E-state index in [2.05, 4.69) is 11.1 Å². The average Bonchev–Trinajstić information content (AvgIpc) is 3.16. The number of rotatable bonds is 6. The molecule has 0 N–H and O–H groups in total. The first kappa shape index (κ1) is 19.5. The number of hydrogen-bond acceptors (Lipinski definition) is 5. The van der Waals surface area contributed by atoms with Crippen molar-refractivity contribution in [2.24, 2.45) is 0 Å². The number of halogens is 1. The molecule has 0 aliphatic carbocycles. The molecular formula is C23H15ClN2OS2. The van der Waals surface area contributed by atoms with Crippen LogP contribution in [0.25, 0.3) is 16.3 Å². The molecule has 0 unspecified atom stereocenters. The monoisotopic (exact) mass is 434 g/mol. The van der Waals surface area contributed by atoms with Gasteiger partial charge in [0.2, 0.25) is 0 Å². The van der Waals surface area contributed by atoms with E-state index in [1.807, 2.05) is 78.9 Å². The maximum absolute atomic E-state index is 9.51. The van der Waals surface area contributed by atoms with Crippen LogP contribution in [0.15, 0.2) is 82.0 Å². The molecule has 29 heavy (non-hydrogen) atoms. The van der Waals surface area contributed by atoms with Crippen molar-refractivity contribution in [2.45, 2.75) is 10.9 Å². The zero-order valence-corrected chi connectivity index (χ0v) is 17.6. The van der Waals surface area contributed by atoms with Gasteiger partial charge in [-0.1, -0.05) is 54.1 Å². The Hall–Kier alpha value is -2.78. The van der Waals surface area contributed by atoms with E-state index in [1.165, 1.54) is 11.8 Å². The summed E-state index contributed by atoms with van der Waals surface area (Å²) in [6.07, 6.45) is 1.86. The summed E-state index contributed by atoms with van der Waals surface area (Å²) in [6.45, 7) is 0.408. The SMILES string of the molecule is N#CC(=Cc1ccc(OCc2ccccc2Cl)cc1)Sc1nc2ccccc2s1. The average molecular weight is 435 g/mol. The van der Waals surface area contributed by atoms with E-state index in [0.29, 0.717) is 16.5 Å². The number of thioether (sulfide) groups is 1. The fraction of sp³-hybridized carbons (Fsp3) is 0.0435. The van der Waals surface area contributed by atoms with Gasteiger partial charge in [-0.2, -0.15) is 5.26 Å². The molecule has 0 saturated carbocycles.